The largest absolute Gasteiger partial charge is 0.394 e. The van der Waals surface area contributed by atoms with E-state index in [9.17, 15) is 0 Å². The summed E-state index contributed by atoms with van der Waals surface area (Å²) in [6.45, 7) is 1.78. The van der Waals surface area contributed by atoms with Crippen LogP contribution in [-0.2, 0) is 0 Å². The van der Waals surface area contributed by atoms with Gasteiger partial charge in [-0.25, -0.2) is 0 Å². The summed E-state index contributed by atoms with van der Waals surface area (Å²) in [5, 5.41) is 13.6. The third-order valence-electron chi connectivity index (χ3n) is 1.57. The highest BCUT2D eigenvalue weighted by Crippen LogP contribution is 2.02. The smallest absolute Gasteiger partial charge is 0.0385 e. The zero-order chi connectivity index (χ0) is 7.40. The maximum atomic E-state index is 7.50. The van der Waals surface area contributed by atoms with Crippen LogP contribution in [0.3, 0.4) is 0 Å². The minimum absolute atomic E-state index is 0.758. The van der Waals surface area contributed by atoms with Gasteiger partial charge in [0.1, 0.15) is 0 Å². The first-order chi connectivity index (χ1) is 4.84. The number of hydrogen-bond donors (Lipinski definition) is 3. The second kappa shape index (κ2) is 3.37. The molecule has 0 aliphatic carbocycles. The molecule has 0 aromatic heterocycles. The monoisotopic (exact) mass is 139 g/mol. The Labute approximate surface area is 61.0 Å². The van der Waals surface area contributed by atoms with Crippen LogP contribution in [0, 0.1) is 5.41 Å². The van der Waals surface area contributed by atoms with Crippen molar-refractivity contribution >= 4 is 5.71 Å². The Kier molecular flexibility index (Phi) is 2.45. The summed E-state index contributed by atoms with van der Waals surface area (Å²) in [4.78, 5) is 0. The number of hydrogen-bond acceptors (Lipinski definition) is 3. The van der Waals surface area contributed by atoms with E-state index in [1.165, 1.54) is 0 Å². The summed E-state index contributed by atoms with van der Waals surface area (Å²) in [5.74, 6) is 0. The molecule has 3 nitrogen and oxygen atoms in total. The first-order valence-corrected chi connectivity index (χ1v) is 3.49. The highest BCUT2D eigenvalue weighted by Gasteiger charge is 2.09. The molecule has 1 saturated heterocycles. The van der Waals surface area contributed by atoms with Crippen molar-refractivity contribution in [2.75, 3.05) is 20.1 Å². The predicted octanol–water partition coefficient (Wildman–Crippen LogP) is 0.103. The normalized spacial score (nSPS) is 23.3. The Morgan fingerprint density at radius 2 is 2.50 bits per heavy atom. The van der Waals surface area contributed by atoms with E-state index in [4.69, 9.17) is 5.41 Å². The van der Waals surface area contributed by atoms with E-state index in [1.807, 2.05) is 13.2 Å². The minimum Gasteiger partial charge on any atom is -0.394 e. The molecule has 1 aliphatic heterocycles. The van der Waals surface area contributed by atoms with Gasteiger partial charge in [-0.1, -0.05) is 0 Å². The lowest BCUT2D eigenvalue weighted by Crippen LogP contribution is -2.30. The van der Waals surface area contributed by atoms with Crippen molar-refractivity contribution in [1.29, 1.82) is 5.41 Å². The van der Waals surface area contributed by atoms with Crippen LogP contribution in [0.5, 0.6) is 0 Å². The van der Waals surface area contributed by atoms with Crippen LogP contribution in [0.4, 0.5) is 0 Å². The Morgan fingerprint density at radius 3 is 3.10 bits per heavy atom. The van der Waals surface area contributed by atoms with E-state index in [0.29, 0.717) is 0 Å². The second-order valence-corrected chi connectivity index (χ2v) is 2.36. The van der Waals surface area contributed by atoms with Gasteiger partial charge in [0, 0.05) is 44.0 Å². The average molecular weight is 139 g/mol. The molecule has 0 bridgehead atoms. The van der Waals surface area contributed by atoms with Gasteiger partial charge in [0.05, 0.1) is 0 Å². The fourth-order valence-electron chi connectivity index (χ4n) is 1.02. The van der Waals surface area contributed by atoms with E-state index in [2.05, 4.69) is 10.6 Å². The number of rotatable bonds is 1. The molecule has 1 rings (SSSR count). The summed E-state index contributed by atoms with van der Waals surface area (Å²) in [7, 11) is 1.86. The lowest BCUT2D eigenvalue weighted by molar-refractivity contribution is 0.724. The van der Waals surface area contributed by atoms with Crippen LogP contribution in [0.1, 0.15) is 6.42 Å². The van der Waals surface area contributed by atoms with Crippen LogP contribution >= 0.6 is 0 Å². The van der Waals surface area contributed by atoms with Crippen LogP contribution in [0.25, 0.3) is 0 Å². The molecule has 0 spiro atoms. The predicted molar refractivity (Wildman–Crippen MR) is 42.4 cm³/mol. The molecular formula is C7H13N3. The van der Waals surface area contributed by atoms with Gasteiger partial charge < -0.3 is 16.0 Å². The average Bonchev–Trinajstić information content (AvgIpc) is 1.94. The SMILES string of the molecule is CN/C=C1/CNCCC1=N. The van der Waals surface area contributed by atoms with E-state index in [0.717, 1.165) is 30.8 Å². The molecule has 0 saturated carbocycles. The molecule has 0 aromatic rings. The Balaban J connectivity index is 2.56. The van der Waals surface area contributed by atoms with E-state index >= 15 is 0 Å². The van der Waals surface area contributed by atoms with Crippen LogP contribution in [0.2, 0.25) is 0 Å². The molecule has 10 heavy (non-hydrogen) atoms. The zero-order valence-electron chi connectivity index (χ0n) is 6.20. The minimum atomic E-state index is 0.758. The van der Waals surface area contributed by atoms with Gasteiger partial charge in [0.25, 0.3) is 0 Å². The quantitative estimate of drug-likeness (QED) is 0.482. The van der Waals surface area contributed by atoms with E-state index < -0.39 is 0 Å². The van der Waals surface area contributed by atoms with E-state index in [1.54, 1.807) is 0 Å². The molecule has 3 N–H and O–H groups in total. The fraction of sp³-hybridized carbons (Fsp3) is 0.571. The molecule has 0 atom stereocenters. The van der Waals surface area contributed by atoms with Gasteiger partial charge in [-0.05, 0) is 0 Å². The van der Waals surface area contributed by atoms with Crippen molar-refractivity contribution < 1.29 is 0 Å². The van der Waals surface area contributed by atoms with Crippen molar-refractivity contribution in [1.82, 2.24) is 10.6 Å². The summed E-state index contributed by atoms with van der Waals surface area (Å²) in [6, 6.07) is 0. The maximum absolute atomic E-state index is 7.50. The number of nitrogens with one attached hydrogen (secondary N) is 3. The maximum Gasteiger partial charge on any atom is 0.0385 e. The standard InChI is InChI=1S/C7H13N3/c1-9-4-6-5-10-3-2-7(6)8/h4,8-10H,2-3,5H2,1H3/b6-4-,8-7?. The molecule has 3 heteroatoms. The zero-order valence-corrected chi connectivity index (χ0v) is 6.20. The Bertz CT molecular complexity index is 160. The highest BCUT2D eigenvalue weighted by molar-refractivity contribution is 5.98. The fourth-order valence-corrected chi connectivity index (χ4v) is 1.02. The van der Waals surface area contributed by atoms with Gasteiger partial charge in [0.2, 0.25) is 0 Å². The van der Waals surface area contributed by atoms with Crippen LogP contribution < -0.4 is 10.6 Å². The molecule has 1 heterocycles. The molecule has 0 radical (unpaired) electrons. The van der Waals surface area contributed by atoms with Crippen molar-refractivity contribution in [2.24, 2.45) is 0 Å². The van der Waals surface area contributed by atoms with Gasteiger partial charge in [-0.3, -0.25) is 0 Å². The van der Waals surface area contributed by atoms with Gasteiger partial charge in [-0.2, -0.15) is 0 Å². The Hall–Kier alpha value is -0.830. The molecular weight excluding hydrogens is 126 g/mol. The third kappa shape index (κ3) is 1.57. The molecule has 0 aromatic carbocycles. The van der Waals surface area contributed by atoms with Crippen molar-refractivity contribution in [3.05, 3.63) is 11.8 Å². The first kappa shape index (κ1) is 7.28. The topological polar surface area (TPSA) is 47.9 Å². The Morgan fingerprint density at radius 1 is 1.70 bits per heavy atom. The highest BCUT2D eigenvalue weighted by atomic mass is 14.9. The summed E-state index contributed by atoms with van der Waals surface area (Å²) >= 11 is 0. The number of piperidine rings is 1. The van der Waals surface area contributed by atoms with Crippen molar-refractivity contribution in [3.63, 3.8) is 0 Å². The van der Waals surface area contributed by atoms with Gasteiger partial charge in [0.15, 0.2) is 0 Å². The lowest BCUT2D eigenvalue weighted by Gasteiger charge is -2.16. The van der Waals surface area contributed by atoms with Gasteiger partial charge in [-0.15, -0.1) is 0 Å². The summed E-state index contributed by atoms with van der Waals surface area (Å²) < 4.78 is 0. The molecule has 56 valence electrons. The second-order valence-electron chi connectivity index (χ2n) is 2.36. The van der Waals surface area contributed by atoms with Crippen LogP contribution in [0.15, 0.2) is 11.8 Å². The molecule has 1 fully saturated rings. The van der Waals surface area contributed by atoms with Crippen molar-refractivity contribution in [3.8, 4) is 0 Å². The first-order valence-electron chi connectivity index (χ1n) is 3.49. The molecule has 1 aliphatic rings. The van der Waals surface area contributed by atoms with Crippen LogP contribution in [-0.4, -0.2) is 25.8 Å². The van der Waals surface area contributed by atoms with Crippen molar-refractivity contribution in [2.45, 2.75) is 6.42 Å². The third-order valence-corrected chi connectivity index (χ3v) is 1.57. The molecule has 0 amide bonds. The molecule has 0 unspecified atom stereocenters. The van der Waals surface area contributed by atoms with Gasteiger partial charge >= 0.3 is 0 Å². The summed E-state index contributed by atoms with van der Waals surface area (Å²) in [5.41, 5.74) is 1.84. The lowest BCUT2D eigenvalue weighted by atomic mass is 10.1. The van der Waals surface area contributed by atoms with E-state index in [-0.39, 0.29) is 0 Å². The summed E-state index contributed by atoms with van der Waals surface area (Å²) in [6.07, 6.45) is 2.74.